The molecule has 0 radical (unpaired) electrons. The lowest BCUT2D eigenvalue weighted by Gasteiger charge is -2.20. The standard InChI is InChI=1S/C20H20N4O4/c1-28-20(25)8-9-22-10-11-23(14-22)18-7-6-17(12-19(18)24(26)27)16-4-2-15(13-21)3-5-16/h2-7,12H,8-11,14H2,1H3. The molecule has 2 aromatic carbocycles. The normalized spacial score (nSPS) is 13.9. The van der Waals surface area contributed by atoms with Crippen LogP contribution in [0.3, 0.4) is 0 Å². The van der Waals surface area contributed by atoms with E-state index in [1.54, 1.807) is 36.4 Å². The summed E-state index contributed by atoms with van der Waals surface area (Å²) in [7, 11) is 1.36. The average molecular weight is 380 g/mol. The van der Waals surface area contributed by atoms with Gasteiger partial charge in [0.05, 0.1) is 36.8 Å². The number of nitro benzene ring substituents is 1. The topological polar surface area (TPSA) is 99.7 Å². The fourth-order valence-electron chi connectivity index (χ4n) is 3.23. The van der Waals surface area contributed by atoms with Crippen LogP contribution in [-0.2, 0) is 9.53 Å². The minimum atomic E-state index is -0.375. The van der Waals surface area contributed by atoms with Crippen molar-refractivity contribution >= 4 is 17.3 Å². The van der Waals surface area contributed by atoms with Crippen LogP contribution in [0.25, 0.3) is 11.1 Å². The van der Waals surface area contributed by atoms with Gasteiger partial charge in [-0.2, -0.15) is 5.26 Å². The maximum Gasteiger partial charge on any atom is 0.306 e. The highest BCUT2D eigenvalue weighted by Crippen LogP contribution is 2.34. The Kier molecular flexibility index (Phi) is 5.87. The van der Waals surface area contributed by atoms with Gasteiger partial charge in [-0.25, -0.2) is 0 Å². The SMILES string of the molecule is COC(=O)CCN1CCN(c2ccc(-c3ccc(C#N)cc3)cc2[N+](=O)[O-])C1. The number of rotatable bonds is 6. The Balaban J connectivity index is 1.79. The maximum atomic E-state index is 11.7. The Morgan fingerprint density at radius 2 is 1.93 bits per heavy atom. The summed E-state index contributed by atoms with van der Waals surface area (Å²) in [6, 6.07) is 14.2. The quantitative estimate of drug-likeness (QED) is 0.431. The van der Waals surface area contributed by atoms with E-state index in [0.29, 0.717) is 37.4 Å². The Hall–Kier alpha value is -3.44. The van der Waals surface area contributed by atoms with Gasteiger partial charge < -0.3 is 9.64 Å². The van der Waals surface area contributed by atoms with Gasteiger partial charge in [-0.15, -0.1) is 0 Å². The zero-order chi connectivity index (χ0) is 20.1. The molecule has 1 fully saturated rings. The summed E-state index contributed by atoms with van der Waals surface area (Å²) in [6.45, 7) is 2.46. The van der Waals surface area contributed by atoms with Crippen LogP contribution in [0.15, 0.2) is 42.5 Å². The minimum Gasteiger partial charge on any atom is -0.469 e. The number of esters is 1. The highest BCUT2D eigenvalue weighted by atomic mass is 16.6. The number of anilines is 1. The van der Waals surface area contributed by atoms with Crippen LogP contribution < -0.4 is 4.90 Å². The molecule has 1 heterocycles. The molecule has 1 saturated heterocycles. The van der Waals surface area contributed by atoms with E-state index in [1.165, 1.54) is 7.11 Å². The predicted octanol–water partition coefficient (Wildman–Crippen LogP) is 2.78. The molecule has 2 aromatic rings. The number of ether oxygens (including phenoxy) is 1. The highest BCUT2D eigenvalue weighted by Gasteiger charge is 2.26. The first-order chi connectivity index (χ1) is 13.5. The molecule has 0 saturated carbocycles. The lowest BCUT2D eigenvalue weighted by molar-refractivity contribution is -0.384. The second-order valence-corrected chi connectivity index (χ2v) is 6.50. The number of nitro groups is 1. The van der Waals surface area contributed by atoms with Gasteiger partial charge in [-0.1, -0.05) is 18.2 Å². The zero-order valence-corrected chi connectivity index (χ0v) is 15.5. The van der Waals surface area contributed by atoms with E-state index in [9.17, 15) is 14.9 Å². The number of hydrogen-bond donors (Lipinski definition) is 0. The molecule has 0 unspecified atom stereocenters. The van der Waals surface area contributed by atoms with E-state index in [-0.39, 0.29) is 16.6 Å². The lowest BCUT2D eigenvalue weighted by Crippen LogP contribution is -2.27. The van der Waals surface area contributed by atoms with Crippen LogP contribution in [0.5, 0.6) is 0 Å². The number of benzene rings is 2. The van der Waals surface area contributed by atoms with Crippen molar-refractivity contribution < 1.29 is 14.5 Å². The van der Waals surface area contributed by atoms with E-state index < -0.39 is 0 Å². The molecular weight excluding hydrogens is 360 g/mol. The number of carbonyl (C=O) groups excluding carboxylic acids is 1. The molecule has 144 valence electrons. The number of methoxy groups -OCH3 is 1. The first kappa shape index (κ1) is 19.3. The van der Waals surface area contributed by atoms with Crippen LogP contribution in [0.1, 0.15) is 12.0 Å². The number of nitrogens with zero attached hydrogens (tertiary/aromatic N) is 4. The van der Waals surface area contributed by atoms with Crippen LogP contribution in [-0.4, -0.2) is 49.2 Å². The largest absolute Gasteiger partial charge is 0.469 e. The van der Waals surface area contributed by atoms with E-state index in [2.05, 4.69) is 15.7 Å². The predicted molar refractivity (Wildman–Crippen MR) is 104 cm³/mol. The summed E-state index contributed by atoms with van der Waals surface area (Å²) in [4.78, 5) is 26.6. The smallest absolute Gasteiger partial charge is 0.306 e. The van der Waals surface area contributed by atoms with Crippen molar-refractivity contribution in [3.05, 3.63) is 58.1 Å². The molecule has 0 aliphatic carbocycles. The molecule has 0 aromatic heterocycles. The first-order valence-electron chi connectivity index (χ1n) is 8.85. The number of carbonyl (C=O) groups is 1. The molecule has 0 spiro atoms. The zero-order valence-electron chi connectivity index (χ0n) is 15.5. The highest BCUT2D eigenvalue weighted by molar-refractivity contribution is 5.74. The maximum absolute atomic E-state index is 11.7. The Bertz CT molecular complexity index is 921. The Morgan fingerprint density at radius 3 is 2.57 bits per heavy atom. The number of hydrogen-bond acceptors (Lipinski definition) is 7. The molecule has 3 rings (SSSR count). The van der Waals surface area contributed by atoms with Gasteiger partial charge in [0.15, 0.2) is 0 Å². The van der Waals surface area contributed by atoms with Crippen molar-refractivity contribution in [3.8, 4) is 17.2 Å². The molecule has 28 heavy (non-hydrogen) atoms. The van der Waals surface area contributed by atoms with Gasteiger partial charge in [0.1, 0.15) is 5.69 Å². The molecule has 1 aliphatic rings. The molecular formula is C20H20N4O4. The summed E-state index contributed by atoms with van der Waals surface area (Å²) < 4.78 is 4.66. The monoisotopic (exact) mass is 380 g/mol. The van der Waals surface area contributed by atoms with Crippen LogP contribution in [0, 0.1) is 21.4 Å². The third-order valence-electron chi connectivity index (χ3n) is 4.78. The van der Waals surface area contributed by atoms with Gasteiger partial charge in [0, 0.05) is 25.7 Å². The second-order valence-electron chi connectivity index (χ2n) is 6.50. The molecule has 0 N–H and O–H groups in total. The van der Waals surface area contributed by atoms with E-state index >= 15 is 0 Å². The summed E-state index contributed by atoms with van der Waals surface area (Å²) in [5.41, 5.74) is 2.68. The molecule has 1 aliphatic heterocycles. The van der Waals surface area contributed by atoms with Crippen molar-refractivity contribution in [2.45, 2.75) is 6.42 Å². The Morgan fingerprint density at radius 1 is 1.21 bits per heavy atom. The van der Waals surface area contributed by atoms with Gasteiger partial charge >= 0.3 is 5.97 Å². The first-order valence-corrected chi connectivity index (χ1v) is 8.85. The van der Waals surface area contributed by atoms with Gasteiger partial charge in [0.25, 0.3) is 5.69 Å². The van der Waals surface area contributed by atoms with Crippen molar-refractivity contribution in [3.63, 3.8) is 0 Å². The lowest BCUT2D eigenvalue weighted by atomic mass is 10.0. The average Bonchev–Trinajstić information content (AvgIpc) is 3.20. The van der Waals surface area contributed by atoms with Crippen molar-refractivity contribution in [1.82, 2.24) is 4.90 Å². The fourth-order valence-corrected chi connectivity index (χ4v) is 3.23. The van der Waals surface area contributed by atoms with Crippen LogP contribution >= 0.6 is 0 Å². The van der Waals surface area contributed by atoms with Crippen LogP contribution in [0.4, 0.5) is 11.4 Å². The minimum absolute atomic E-state index is 0.0386. The second kappa shape index (κ2) is 8.50. The Labute approximate surface area is 162 Å². The van der Waals surface area contributed by atoms with Gasteiger partial charge in [-0.05, 0) is 29.3 Å². The molecule has 8 heteroatoms. The summed E-state index contributed by atoms with van der Waals surface area (Å²) in [5, 5.41) is 20.6. The molecule has 8 nitrogen and oxygen atoms in total. The van der Waals surface area contributed by atoms with E-state index in [0.717, 1.165) is 17.7 Å². The fraction of sp³-hybridized carbons (Fsp3) is 0.300. The van der Waals surface area contributed by atoms with E-state index in [4.69, 9.17) is 5.26 Å². The molecule has 0 amide bonds. The van der Waals surface area contributed by atoms with E-state index in [1.807, 2.05) is 11.0 Å². The third-order valence-corrected chi connectivity index (χ3v) is 4.78. The summed E-state index contributed by atoms with van der Waals surface area (Å²) in [5.74, 6) is -0.267. The summed E-state index contributed by atoms with van der Waals surface area (Å²) in [6.07, 6.45) is 0.296. The van der Waals surface area contributed by atoms with Crippen molar-refractivity contribution in [2.75, 3.05) is 38.3 Å². The van der Waals surface area contributed by atoms with Crippen LogP contribution in [0.2, 0.25) is 0 Å². The van der Waals surface area contributed by atoms with Crippen molar-refractivity contribution in [1.29, 1.82) is 5.26 Å². The number of nitriles is 1. The molecule has 0 atom stereocenters. The summed E-state index contributed by atoms with van der Waals surface area (Å²) >= 11 is 0. The van der Waals surface area contributed by atoms with Crippen molar-refractivity contribution in [2.24, 2.45) is 0 Å². The molecule has 0 bridgehead atoms. The van der Waals surface area contributed by atoms with Gasteiger partial charge in [0.2, 0.25) is 0 Å². The van der Waals surface area contributed by atoms with Gasteiger partial charge in [-0.3, -0.25) is 19.8 Å². The third kappa shape index (κ3) is 4.27.